The van der Waals surface area contributed by atoms with Gasteiger partial charge in [-0.05, 0) is 36.5 Å². The summed E-state index contributed by atoms with van der Waals surface area (Å²) in [6.07, 6.45) is 7.07. The van der Waals surface area contributed by atoms with Crippen molar-refractivity contribution < 1.29 is 17.6 Å². The van der Waals surface area contributed by atoms with Gasteiger partial charge in [-0.3, -0.25) is 9.78 Å². The van der Waals surface area contributed by atoms with Crippen LogP contribution in [0.1, 0.15) is 31.0 Å². The number of carbonyl (C=O) groups is 1. The molecule has 37 heavy (non-hydrogen) atoms. The summed E-state index contributed by atoms with van der Waals surface area (Å²) >= 11 is 0. The molecule has 2 atom stereocenters. The molecule has 1 N–H and O–H groups in total. The number of sulfonamides is 1. The van der Waals surface area contributed by atoms with Gasteiger partial charge in [0.2, 0.25) is 15.9 Å². The number of hydrogen-bond donors (Lipinski definition) is 1. The van der Waals surface area contributed by atoms with Crippen LogP contribution in [0.4, 0.5) is 21.7 Å². The van der Waals surface area contributed by atoms with Crippen molar-refractivity contribution in [1.82, 2.24) is 23.8 Å². The molecular weight excluding hydrogens is 497 g/mol. The minimum absolute atomic E-state index is 0.234. The molecule has 0 bridgehead atoms. The lowest BCUT2D eigenvalue weighted by Gasteiger charge is -2.25. The third-order valence-corrected chi connectivity index (χ3v) is 8.28. The monoisotopic (exact) mass is 527 g/mol. The molecule has 0 saturated heterocycles. The normalized spacial score (nSPS) is 20.1. The molecule has 0 unspecified atom stereocenters. The predicted octanol–water partition coefficient (Wildman–Crippen LogP) is 3.04. The number of pyridine rings is 2. The average Bonchev–Trinajstić information content (AvgIpc) is 3.51. The van der Waals surface area contributed by atoms with E-state index in [9.17, 15) is 17.6 Å². The fraction of sp³-hybridized carbons (Fsp3) is 0.440. The summed E-state index contributed by atoms with van der Waals surface area (Å²) < 4.78 is 40.4. The molecule has 196 valence electrons. The summed E-state index contributed by atoms with van der Waals surface area (Å²) in [5.74, 6) is -0.135. The molecule has 1 amide bonds. The van der Waals surface area contributed by atoms with Crippen LogP contribution in [0.3, 0.4) is 0 Å². The Morgan fingerprint density at radius 3 is 2.68 bits per heavy atom. The first-order valence-electron chi connectivity index (χ1n) is 12.2. The Bertz CT molecular complexity index is 1520. The molecule has 5 rings (SSSR count). The number of carbonyl (C=O) groups excluding carboxylic acids is 1. The van der Waals surface area contributed by atoms with Crippen molar-refractivity contribution in [3.05, 3.63) is 42.0 Å². The lowest BCUT2D eigenvalue weighted by atomic mass is 10.0. The summed E-state index contributed by atoms with van der Waals surface area (Å²) in [6, 6.07) is 3.93. The number of aromatic nitrogens is 4. The standard InChI is InChI=1S/C25H30FN7O3S/c1-5-15-10-19(16-6-8-33(9-7-16)37(4,35)36)27-13-21(15)32(3)22-12-20-23(28-14-31(20)2)24(29-22)30-25(34)17-11-18(17)26/h6,10,12-14,17-18H,5,7-9,11H2,1-4H3,(H,29,30,34)/t17-,18+/m0/s1. The molecule has 0 spiro atoms. The van der Waals surface area contributed by atoms with E-state index in [1.165, 1.54) is 10.6 Å². The third-order valence-electron chi connectivity index (χ3n) is 7.01. The average molecular weight is 528 g/mol. The summed E-state index contributed by atoms with van der Waals surface area (Å²) in [4.78, 5) is 28.1. The second kappa shape index (κ2) is 9.49. The number of fused-ring (bicyclic) bond motifs is 1. The number of aryl methyl sites for hydroxylation is 2. The molecule has 0 radical (unpaired) electrons. The maximum absolute atomic E-state index is 13.4. The maximum Gasteiger partial charge on any atom is 0.231 e. The highest BCUT2D eigenvalue weighted by Gasteiger charge is 2.44. The fourth-order valence-corrected chi connectivity index (χ4v) is 5.34. The molecule has 3 aromatic rings. The van der Waals surface area contributed by atoms with Gasteiger partial charge in [-0.15, -0.1) is 0 Å². The van der Waals surface area contributed by atoms with Crippen molar-refractivity contribution in [3.8, 4) is 0 Å². The van der Waals surface area contributed by atoms with Gasteiger partial charge in [0.25, 0.3) is 0 Å². The SMILES string of the molecule is CCc1cc(C2=CCN(S(C)(=O)=O)CC2)ncc1N(C)c1cc2c(ncn2C)c(NC(=O)[C@H]2C[C@H]2F)n1. The van der Waals surface area contributed by atoms with Crippen molar-refractivity contribution in [2.45, 2.75) is 32.4 Å². The number of alkyl halides is 1. The zero-order valence-electron chi connectivity index (χ0n) is 21.3. The Kier molecular flexibility index (Phi) is 6.48. The summed E-state index contributed by atoms with van der Waals surface area (Å²) in [5, 5.41) is 2.77. The van der Waals surface area contributed by atoms with Crippen LogP contribution in [-0.4, -0.2) is 70.7 Å². The van der Waals surface area contributed by atoms with Crippen LogP contribution in [0.15, 0.2) is 30.7 Å². The molecule has 1 saturated carbocycles. The lowest BCUT2D eigenvalue weighted by Crippen LogP contribution is -2.33. The first kappa shape index (κ1) is 25.3. The number of nitrogens with one attached hydrogen (secondary N) is 1. The van der Waals surface area contributed by atoms with E-state index in [0.717, 1.165) is 34.5 Å². The first-order valence-corrected chi connectivity index (χ1v) is 14.1. The highest BCUT2D eigenvalue weighted by atomic mass is 32.2. The van der Waals surface area contributed by atoms with Crippen LogP contribution >= 0.6 is 0 Å². The second-order valence-corrected chi connectivity index (χ2v) is 11.6. The van der Waals surface area contributed by atoms with E-state index in [1.54, 1.807) is 12.5 Å². The predicted molar refractivity (Wildman–Crippen MR) is 141 cm³/mol. The molecule has 2 aliphatic rings. The molecular formula is C25H30FN7O3S. The van der Waals surface area contributed by atoms with Crippen molar-refractivity contribution >= 4 is 49.9 Å². The number of nitrogens with zero attached hydrogens (tertiary/aromatic N) is 6. The van der Waals surface area contributed by atoms with Crippen LogP contribution < -0.4 is 10.2 Å². The lowest BCUT2D eigenvalue weighted by molar-refractivity contribution is -0.117. The number of anilines is 3. The van der Waals surface area contributed by atoms with Gasteiger partial charge in [-0.1, -0.05) is 13.0 Å². The Morgan fingerprint density at radius 1 is 1.30 bits per heavy atom. The number of rotatable bonds is 7. The van der Waals surface area contributed by atoms with E-state index in [-0.39, 0.29) is 12.3 Å². The Balaban J connectivity index is 1.46. The molecule has 12 heteroatoms. The van der Waals surface area contributed by atoms with Crippen molar-refractivity contribution in [2.75, 3.05) is 36.6 Å². The Hall–Kier alpha value is -3.38. The first-order chi connectivity index (χ1) is 17.6. The Morgan fingerprint density at radius 2 is 2.05 bits per heavy atom. The van der Waals surface area contributed by atoms with E-state index >= 15 is 0 Å². The van der Waals surface area contributed by atoms with Gasteiger partial charge in [0, 0.05) is 33.3 Å². The fourth-order valence-electron chi connectivity index (χ4n) is 4.58. The molecule has 1 fully saturated rings. The van der Waals surface area contributed by atoms with Crippen LogP contribution in [-0.2, 0) is 28.3 Å². The minimum Gasteiger partial charge on any atom is -0.334 e. The topological polar surface area (TPSA) is 113 Å². The number of hydrogen-bond acceptors (Lipinski definition) is 7. The van der Waals surface area contributed by atoms with Gasteiger partial charge >= 0.3 is 0 Å². The van der Waals surface area contributed by atoms with E-state index in [1.807, 2.05) is 41.8 Å². The van der Waals surface area contributed by atoms with E-state index in [4.69, 9.17) is 4.98 Å². The van der Waals surface area contributed by atoms with Gasteiger partial charge < -0.3 is 14.8 Å². The summed E-state index contributed by atoms with van der Waals surface area (Å²) in [6.45, 7) is 2.83. The van der Waals surface area contributed by atoms with Crippen molar-refractivity contribution in [2.24, 2.45) is 13.0 Å². The molecule has 1 aliphatic heterocycles. The third kappa shape index (κ3) is 4.95. The minimum atomic E-state index is -3.22. The highest BCUT2D eigenvalue weighted by Crippen LogP contribution is 2.36. The number of imidazole rings is 1. The van der Waals surface area contributed by atoms with Crippen molar-refractivity contribution in [3.63, 3.8) is 0 Å². The second-order valence-electron chi connectivity index (χ2n) is 9.61. The van der Waals surface area contributed by atoms with Crippen LogP contribution in [0, 0.1) is 5.92 Å². The van der Waals surface area contributed by atoms with E-state index in [2.05, 4.69) is 22.2 Å². The Labute approximate surface area is 215 Å². The van der Waals surface area contributed by atoms with Gasteiger partial charge in [0.05, 0.1) is 41.6 Å². The maximum atomic E-state index is 13.4. The summed E-state index contributed by atoms with van der Waals surface area (Å²) in [5.41, 5.74) is 5.09. The van der Waals surface area contributed by atoms with Crippen LogP contribution in [0.5, 0.6) is 0 Å². The molecule has 1 aliphatic carbocycles. The van der Waals surface area contributed by atoms with E-state index in [0.29, 0.717) is 36.7 Å². The zero-order valence-corrected chi connectivity index (χ0v) is 22.1. The van der Waals surface area contributed by atoms with E-state index < -0.39 is 22.1 Å². The van der Waals surface area contributed by atoms with Crippen molar-refractivity contribution in [1.29, 1.82) is 0 Å². The molecule has 4 heterocycles. The van der Waals surface area contributed by atoms with Crippen LogP contribution in [0.2, 0.25) is 0 Å². The van der Waals surface area contributed by atoms with Gasteiger partial charge in [-0.2, -0.15) is 4.31 Å². The summed E-state index contributed by atoms with van der Waals surface area (Å²) in [7, 11) is 0.525. The van der Waals surface area contributed by atoms with Crippen LogP contribution in [0.25, 0.3) is 16.6 Å². The van der Waals surface area contributed by atoms with Gasteiger partial charge in [-0.25, -0.2) is 22.8 Å². The number of halogens is 1. The molecule has 10 nitrogen and oxygen atoms in total. The van der Waals surface area contributed by atoms with Gasteiger partial charge in [0.1, 0.15) is 17.5 Å². The number of amides is 1. The largest absolute Gasteiger partial charge is 0.334 e. The molecule has 0 aromatic carbocycles. The van der Waals surface area contributed by atoms with Gasteiger partial charge in [0.15, 0.2) is 5.82 Å². The smallest absolute Gasteiger partial charge is 0.231 e. The molecule has 3 aromatic heterocycles. The quantitative estimate of drug-likeness (QED) is 0.502. The zero-order chi connectivity index (χ0) is 26.5. The highest BCUT2D eigenvalue weighted by molar-refractivity contribution is 7.88.